The van der Waals surface area contributed by atoms with E-state index in [1.807, 2.05) is 0 Å². The number of benzene rings is 6. The van der Waals surface area contributed by atoms with Crippen LogP contribution in [-0.4, -0.2) is 88.6 Å². The van der Waals surface area contributed by atoms with Gasteiger partial charge in [0.1, 0.15) is 23.0 Å². The van der Waals surface area contributed by atoms with E-state index in [1.54, 1.807) is 0 Å². The van der Waals surface area contributed by atoms with Gasteiger partial charge in [-0.2, -0.15) is 0 Å². The molecule has 20 nitrogen and oxygen atoms in total. The van der Waals surface area contributed by atoms with E-state index in [0.717, 1.165) is 84.6 Å². The second kappa shape index (κ2) is 18.7. The SMILES string of the molecule is O=C(O)c1ccc(Oc2cccc(Sc3cccc(Oc4ccc(C(=O)O)c(C(=O)O)c4)c3Oc3ccc(C(=O)O)c(C(=O)O)c3)c2Oc2ccc(C(=O)O)c(C(=O)O)c2)cc1C(=O)O. The quantitative estimate of drug-likeness (QED) is 0.0400. The van der Waals surface area contributed by atoms with Crippen molar-refractivity contribution in [2.24, 2.45) is 0 Å². The molecular formula is C44H26O20S. The third-order valence-corrected chi connectivity index (χ3v) is 9.89. The second-order valence-electron chi connectivity index (χ2n) is 12.9. The molecule has 0 atom stereocenters. The van der Waals surface area contributed by atoms with E-state index in [9.17, 15) is 79.2 Å². The normalized spacial score (nSPS) is 10.6. The monoisotopic (exact) mass is 906 g/mol. The lowest BCUT2D eigenvalue weighted by Crippen LogP contribution is -2.08. The first-order valence-electron chi connectivity index (χ1n) is 17.9. The van der Waals surface area contributed by atoms with Crippen LogP contribution >= 0.6 is 11.8 Å². The number of para-hydroxylation sites is 2. The molecule has 0 saturated carbocycles. The summed E-state index contributed by atoms with van der Waals surface area (Å²) >= 11 is 0.820. The van der Waals surface area contributed by atoms with Gasteiger partial charge in [-0.25, -0.2) is 38.4 Å². The largest absolute Gasteiger partial charge is 0.478 e. The molecule has 65 heavy (non-hydrogen) atoms. The molecule has 0 heterocycles. The lowest BCUT2D eigenvalue weighted by Gasteiger charge is -2.19. The van der Waals surface area contributed by atoms with Crippen LogP contribution in [0.2, 0.25) is 0 Å². The minimum atomic E-state index is -1.62. The van der Waals surface area contributed by atoms with Crippen molar-refractivity contribution in [3.63, 3.8) is 0 Å². The third-order valence-electron chi connectivity index (χ3n) is 8.81. The van der Waals surface area contributed by atoms with Crippen LogP contribution in [0.3, 0.4) is 0 Å². The van der Waals surface area contributed by atoms with E-state index in [1.165, 1.54) is 36.4 Å². The summed E-state index contributed by atoms with van der Waals surface area (Å²) in [6.45, 7) is 0. The van der Waals surface area contributed by atoms with E-state index in [-0.39, 0.29) is 55.8 Å². The van der Waals surface area contributed by atoms with E-state index in [2.05, 4.69) is 0 Å². The molecule has 0 radical (unpaired) electrons. The zero-order valence-electron chi connectivity index (χ0n) is 32.3. The van der Waals surface area contributed by atoms with Crippen LogP contribution in [-0.2, 0) is 0 Å². The van der Waals surface area contributed by atoms with Gasteiger partial charge in [0.05, 0.1) is 54.3 Å². The number of carboxylic acid groups (broad SMARTS) is 8. The van der Waals surface area contributed by atoms with E-state index >= 15 is 0 Å². The van der Waals surface area contributed by atoms with Crippen molar-refractivity contribution in [2.45, 2.75) is 9.79 Å². The molecular weight excluding hydrogens is 881 g/mol. The summed E-state index contributed by atoms with van der Waals surface area (Å²) in [5.41, 5.74) is -4.93. The Kier molecular flexibility index (Phi) is 13.0. The number of carboxylic acids is 8. The van der Waals surface area contributed by atoms with Crippen molar-refractivity contribution >= 4 is 59.5 Å². The summed E-state index contributed by atoms with van der Waals surface area (Å²) in [4.78, 5) is 95.4. The van der Waals surface area contributed by atoms with Crippen molar-refractivity contribution in [1.29, 1.82) is 0 Å². The topological polar surface area (TPSA) is 335 Å². The van der Waals surface area contributed by atoms with Crippen LogP contribution in [0.5, 0.6) is 46.0 Å². The van der Waals surface area contributed by atoms with Crippen molar-refractivity contribution < 1.29 is 98.2 Å². The summed E-state index contributed by atoms with van der Waals surface area (Å²) in [5, 5.41) is 77.3. The van der Waals surface area contributed by atoms with Crippen LogP contribution in [0.25, 0.3) is 0 Å². The molecule has 0 aliphatic heterocycles. The van der Waals surface area contributed by atoms with Gasteiger partial charge in [0, 0.05) is 0 Å². The zero-order valence-corrected chi connectivity index (χ0v) is 33.1. The first-order valence-corrected chi connectivity index (χ1v) is 18.7. The summed E-state index contributed by atoms with van der Waals surface area (Å²) < 4.78 is 24.4. The Morgan fingerprint density at radius 2 is 0.554 bits per heavy atom. The third kappa shape index (κ3) is 10.1. The van der Waals surface area contributed by atoms with Gasteiger partial charge in [-0.3, -0.25) is 0 Å². The Labute approximate surface area is 366 Å². The molecule has 328 valence electrons. The lowest BCUT2D eigenvalue weighted by molar-refractivity contribution is 0.0651. The van der Waals surface area contributed by atoms with Crippen LogP contribution in [0.4, 0.5) is 0 Å². The summed E-state index contributed by atoms with van der Waals surface area (Å²) in [7, 11) is 0. The molecule has 0 unspecified atom stereocenters. The number of carbonyl (C=O) groups is 8. The number of hydrogen-bond acceptors (Lipinski definition) is 13. The second-order valence-corrected chi connectivity index (χ2v) is 14.0. The fourth-order valence-electron chi connectivity index (χ4n) is 5.92. The van der Waals surface area contributed by atoms with Crippen LogP contribution in [0, 0.1) is 0 Å². The smallest absolute Gasteiger partial charge is 0.336 e. The molecule has 0 aliphatic rings. The molecule has 21 heteroatoms. The maximum atomic E-state index is 12.1. The average molecular weight is 907 g/mol. The Bertz CT molecular complexity index is 2810. The van der Waals surface area contributed by atoms with Gasteiger partial charge in [-0.15, -0.1) is 0 Å². The van der Waals surface area contributed by atoms with Crippen molar-refractivity contribution in [1.82, 2.24) is 0 Å². The molecule has 6 rings (SSSR count). The molecule has 0 fully saturated rings. The summed E-state index contributed by atoms with van der Waals surface area (Å²) in [5.74, 6) is -14.4. The highest BCUT2D eigenvalue weighted by molar-refractivity contribution is 7.99. The highest BCUT2D eigenvalue weighted by Crippen LogP contribution is 2.50. The number of hydrogen-bond donors (Lipinski definition) is 8. The highest BCUT2D eigenvalue weighted by atomic mass is 32.2. The molecule has 6 aromatic rings. The van der Waals surface area contributed by atoms with Gasteiger partial charge < -0.3 is 59.8 Å². The molecule has 6 aromatic carbocycles. The zero-order chi connectivity index (χ0) is 47.3. The molecule has 0 aromatic heterocycles. The predicted molar refractivity (Wildman–Crippen MR) is 219 cm³/mol. The van der Waals surface area contributed by atoms with Gasteiger partial charge in [0.25, 0.3) is 0 Å². The van der Waals surface area contributed by atoms with Crippen LogP contribution < -0.4 is 18.9 Å². The number of ether oxygens (including phenoxy) is 4. The maximum Gasteiger partial charge on any atom is 0.336 e. The van der Waals surface area contributed by atoms with Crippen molar-refractivity contribution in [3.05, 3.63) is 154 Å². The summed E-state index contributed by atoms with van der Waals surface area (Å²) in [6.07, 6.45) is 0. The molecule has 0 aliphatic carbocycles. The van der Waals surface area contributed by atoms with Crippen molar-refractivity contribution in [3.8, 4) is 46.0 Å². The average Bonchev–Trinajstić information content (AvgIpc) is 3.25. The fourth-order valence-corrected chi connectivity index (χ4v) is 6.92. The van der Waals surface area contributed by atoms with Crippen molar-refractivity contribution in [2.75, 3.05) is 0 Å². The molecule has 0 saturated heterocycles. The molecule has 0 amide bonds. The Balaban J connectivity index is 1.53. The van der Waals surface area contributed by atoms with Gasteiger partial charge in [-0.1, -0.05) is 23.9 Å². The van der Waals surface area contributed by atoms with E-state index in [4.69, 9.17) is 18.9 Å². The predicted octanol–water partition coefficient (Wildman–Crippen LogP) is 8.59. The van der Waals surface area contributed by atoms with E-state index in [0.29, 0.717) is 0 Å². The first kappa shape index (κ1) is 45.2. The first-order chi connectivity index (χ1) is 30.8. The molecule has 0 spiro atoms. The fraction of sp³-hybridized carbons (Fsp3) is 0. The van der Waals surface area contributed by atoms with Gasteiger partial charge in [-0.05, 0) is 97.1 Å². The van der Waals surface area contributed by atoms with E-state index < -0.39 is 92.3 Å². The van der Waals surface area contributed by atoms with Gasteiger partial charge in [0.15, 0.2) is 23.0 Å². The lowest BCUT2D eigenvalue weighted by atomic mass is 10.1. The molecule has 0 bridgehead atoms. The maximum absolute atomic E-state index is 12.1. The van der Waals surface area contributed by atoms with Gasteiger partial charge in [0.2, 0.25) is 0 Å². The Morgan fingerprint density at radius 1 is 0.308 bits per heavy atom. The van der Waals surface area contributed by atoms with Crippen LogP contribution in [0.1, 0.15) is 82.9 Å². The minimum absolute atomic E-state index is 0.0933. The highest BCUT2D eigenvalue weighted by Gasteiger charge is 2.25. The summed E-state index contributed by atoms with van der Waals surface area (Å²) in [6, 6.07) is 20.6. The Morgan fingerprint density at radius 3 is 0.800 bits per heavy atom. The standard InChI is InChI=1S/C44H26O20S/c45-37(46)23-11-7-19(15-27(23)41(53)54)61-31-3-1-5-33(35(31)63-21-9-13-25(39(49)50)29(17-21)43(57)58)65-34-6-2-4-32(62-20-8-12-24(38(47)48)28(16-20)42(55)56)36(34)64-22-10-14-26(40(51)52)30(18-22)44(59)60/h1-18H,(H,45,46)(H,47,48)(H,49,50)(H,51,52)(H,53,54)(H,55,56)(H,57,58)(H,59,60). The number of aromatic carboxylic acids is 8. The molecule has 8 N–H and O–H groups in total. The number of rotatable bonds is 18. The van der Waals surface area contributed by atoms with Gasteiger partial charge >= 0.3 is 47.8 Å². The minimum Gasteiger partial charge on any atom is -0.478 e. The Hall–Kier alpha value is -9.37. The van der Waals surface area contributed by atoms with Crippen LogP contribution in [0.15, 0.2) is 119 Å².